The number of unbranched alkanes of at least 4 members (excludes halogenated alkanes) is 1. The quantitative estimate of drug-likeness (QED) is 0.771. The number of hydrogen-bond acceptors (Lipinski definition) is 2. The van der Waals surface area contributed by atoms with Gasteiger partial charge in [-0.05, 0) is 68.9 Å². The molecular weight excluding hydrogens is 292 g/mol. The summed E-state index contributed by atoms with van der Waals surface area (Å²) in [4.78, 5) is 2.62. The maximum absolute atomic E-state index is 5.62. The fraction of sp³-hybridized carbons (Fsp3) is 0.455. The van der Waals surface area contributed by atoms with E-state index in [4.69, 9.17) is 5.73 Å². The topological polar surface area (TPSA) is 29.3 Å². The average molecular weight is 322 g/mol. The monoisotopic (exact) mass is 322 g/mol. The van der Waals surface area contributed by atoms with Crippen molar-refractivity contribution in [2.24, 2.45) is 11.7 Å². The van der Waals surface area contributed by atoms with Crippen LogP contribution < -0.4 is 5.73 Å². The highest BCUT2D eigenvalue weighted by Gasteiger charge is 2.28. The minimum absolute atomic E-state index is 0.526. The number of hydrogen-bond donors (Lipinski definition) is 1. The molecule has 1 saturated heterocycles. The predicted molar refractivity (Wildman–Crippen MR) is 102 cm³/mol. The molecule has 2 N–H and O–H groups in total. The molecule has 3 rings (SSSR count). The first-order valence-electron chi connectivity index (χ1n) is 9.41. The number of rotatable bonds is 7. The highest BCUT2D eigenvalue weighted by Crippen LogP contribution is 2.37. The van der Waals surface area contributed by atoms with Gasteiger partial charge in [-0.25, -0.2) is 0 Å². The third kappa shape index (κ3) is 4.46. The Hall–Kier alpha value is -1.64. The molecule has 1 fully saturated rings. The van der Waals surface area contributed by atoms with Gasteiger partial charge in [0, 0.05) is 5.92 Å². The van der Waals surface area contributed by atoms with Crippen molar-refractivity contribution in [1.82, 2.24) is 4.90 Å². The molecule has 0 aliphatic carbocycles. The lowest BCUT2D eigenvalue weighted by atomic mass is 9.76. The first kappa shape index (κ1) is 17.2. The van der Waals surface area contributed by atoms with Crippen molar-refractivity contribution in [2.45, 2.75) is 31.6 Å². The molecule has 0 radical (unpaired) electrons. The zero-order chi connectivity index (χ0) is 16.6. The number of piperidine rings is 1. The molecule has 0 spiro atoms. The first-order chi connectivity index (χ1) is 11.9. The van der Waals surface area contributed by atoms with Gasteiger partial charge in [0.15, 0.2) is 0 Å². The Morgan fingerprint density at radius 1 is 0.833 bits per heavy atom. The zero-order valence-corrected chi connectivity index (χ0v) is 14.6. The molecule has 1 heterocycles. The van der Waals surface area contributed by atoms with Gasteiger partial charge >= 0.3 is 0 Å². The van der Waals surface area contributed by atoms with E-state index >= 15 is 0 Å². The van der Waals surface area contributed by atoms with Gasteiger partial charge < -0.3 is 10.6 Å². The second-order valence-electron chi connectivity index (χ2n) is 6.97. The lowest BCUT2D eigenvalue weighted by Crippen LogP contribution is -2.36. The van der Waals surface area contributed by atoms with Crippen LogP contribution in [0.25, 0.3) is 0 Å². The summed E-state index contributed by atoms with van der Waals surface area (Å²) in [7, 11) is 0. The van der Waals surface area contributed by atoms with Gasteiger partial charge in [0.2, 0.25) is 0 Å². The average Bonchev–Trinajstić information content (AvgIpc) is 2.65. The lowest BCUT2D eigenvalue weighted by Gasteiger charge is -2.36. The van der Waals surface area contributed by atoms with E-state index in [0.29, 0.717) is 5.92 Å². The minimum atomic E-state index is 0.526. The fourth-order valence-corrected chi connectivity index (χ4v) is 4.05. The van der Waals surface area contributed by atoms with Gasteiger partial charge in [0.05, 0.1) is 0 Å². The van der Waals surface area contributed by atoms with Crippen molar-refractivity contribution in [1.29, 1.82) is 0 Å². The third-order valence-electron chi connectivity index (χ3n) is 5.35. The van der Waals surface area contributed by atoms with Crippen molar-refractivity contribution in [3.8, 4) is 0 Å². The number of nitrogens with zero attached hydrogens (tertiary/aromatic N) is 1. The Morgan fingerprint density at radius 2 is 1.38 bits per heavy atom. The molecule has 1 aliphatic heterocycles. The molecule has 0 saturated carbocycles. The zero-order valence-electron chi connectivity index (χ0n) is 14.6. The molecular formula is C22H30N2. The van der Waals surface area contributed by atoms with E-state index < -0.39 is 0 Å². The Morgan fingerprint density at radius 3 is 1.88 bits per heavy atom. The van der Waals surface area contributed by atoms with Crippen LogP contribution >= 0.6 is 0 Å². The molecule has 2 heteroatoms. The van der Waals surface area contributed by atoms with Gasteiger partial charge in [-0.3, -0.25) is 0 Å². The largest absolute Gasteiger partial charge is 0.330 e. The molecule has 0 amide bonds. The molecule has 1 aliphatic rings. The number of benzene rings is 2. The Bertz CT molecular complexity index is 534. The molecule has 0 atom stereocenters. The standard InChI is InChI=1S/C22H30N2/c23-15-7-8-16-24-17-13-21(14-18-24)22(19-9-3-1-4-10-19)20-11-5-2-6-12-20/h1-6,9-12,21-22H,7-8,13-18,23H2. The Balaban J connectivity index is 1.69. The van der Waals surface area contributed by atoms with Gasteiger partial charge in [0.25, 0.3) is 0 Å². The number of likely N-dealkylation sites (tertiary alicyclic amines) is 1. The SMILES string of the molecule is NCCCCN1CCC(C(c2ccccc2)c2ccccc2)CC1. The third-order valence-corrected chi connectivity index (χ3v) is 5.35. The van der Waals surface area contributed by atoms with E-state index in [1.807, 2.05) is 0 Å². The summed E-state index contributed by atoms with van der Waals surface area (Å²) < 4.78 is 0. The van der Waals surface area contributed by atoms with Crippen LogP contribution in [0.15, 0.2) is 60.7 Å². The summed E-state index contributed by atoms with van der Waals surface area (Å²) in [6, 6.07) is 22.1. The molecule has 24 heavy (non-hydrogen) atoms. The Kier molecular flexibility index (Phi) is 6.45. The van der Waals surface area contributed by atoms with Crippen molar-refractivity contribution < 1.29 is 0 Å². The van der Waals surface area contributed by atoms with Gasteiger partial charge in [-0.1, -0.05) is 60.7 Å². The van der Waals surface area contributed by atoms with Crippen LogP contribution in [-0.2, 0) is 0 Å². The van der Waals surface area contributed by atoms with Crippen LogP contribution in [0.3, 0.4) is 0 Å². The maximum Gasteiger partial charge on any atom is 0.0119 e. The molecule has 2 nitrogen and oxygen atoms in total. The summed E-state index contributed by atoms with van der Waals surface area (Å²) in [6.45, 7) is 4.49. The predicted octanol–water partition coefficient (Wildman–Crippen LogP) is 4.27. The lowest BCUT2D eigenvalue weighted by molar-refractivity contribution is 0.173. The molecule has 0 aromatic heterocycles. The molecule has 0 bridgehead atoms. The van der Waals surface area contributed by atoms with Crippen molar-refractivity contribution in [3.05, 3.63) is 71.8 Å². The van der Waals surface area contributed by atoms with Gasteiger partial charge in [-0.2, -0.15) is 0 Å². The summed E-state index contributed by atoms with van der Waals surface area (Å²) in [6.07, 6.45) is 4.96. The van der Waals surface area contributed by atoms with Crippen LogP contribution in [0.4, 0.5) is 0 Å². The van der Waals surface area contributed by atoms with E-state index in [1.165, 1.54) is 50.0 Å². The van der Waals surface area contributed by atoms with Crippen LogP contribution in [0.1, 0.15) is 42.7 Å². The van der Waals surface area contributed by atoms with E-state index in [-0.39, 0.29) is 0 Å². The molecule has 0 unspecified atom stereocenters. The summed E-state index contributed by atoms with van der Waals surface area (Å²) >= 11 is 0. The molecule has 2 aromatic carbocycles. The maximum atomic E-state index is 5.62. The normalized spacial score (nSPS) is 16.6. The van der Waals surface area contributed by atoms with Gasteiger partial charge in [0.1, 0.15) is 0 Å². The molecule has 128 valence electrons. The van der Waals surface area contributed by atoms with E-state index in [1.54, 1.807) is 0 Å². The smallest absolute Gasteiger partial charge is 0.0119 e. The van der Waals surface area contributed by atoms with Crippen molar-refractivity contribution in [2.75, 3.05) is 26.2 Å². The van der Waals surface area contributed by atoms with E-state index in [2.05, 4.69) is 65.6 Å². The van der Waals surface area contributed by atoms with Crippen molar-refractivity contribution >= 4 is 0 Å². The minimum Gasteiger partial charge on any atom is -0.330 e. The van der Waals surface area contributed by atoms with Crippen LogP contribution in [0.5, 0.6) is 0 Å². The number of nitrogens with two attached hydrogens (primary N) is 1. The van der Waals surface area contributed by atoms with Gasteiger partial charge in [-0.15, -0.1) is 0 Å². The first-order valence-corrected chi connectivity index (χ1v) is 9.41. The summed E-state index contributed by atoms with van der Waals surface area (Å²) in [5.74, 6) is 1.26. The second-order valence-corrected chi connectivity index (χ2v) is 6.97. The highest BCUT2D eigenvalue weighted by atomic mass is 15.1. The van der Waals surface area contributed by atoms with E-state index in [9.17, 15) is 0 Å². The molecule has 2 aromatic rings. The van der Waals surface area contributed by atoms with Crippen LogP contribution in [-0.4, -0.2) is 31.1 Å². The highest BCUT2D eigenvalue weighted by molar-refractivity contribution is 5.33. The Labute approximate surface area is 146 Å². The fourth-order valence-electron chi connectivity index (χ4n) is 4.05. The summed E-state index contributed by atoms with van der Waals surface area (Å²) in [5, 5.41) is 0. The van der Waals surface area contributed by atoms with E-state index in [0.717, 1.165) is 18.9 Å². The second kappa shape index (κ2) is 9.00. The van der Waals surface area contributed by atoms with Crippen LogP contribution in [0, 0.1) is 5.92 Å². The van der Waals surface area contributed by atoms with Crippen LogP contribution in [0.2, 0.25) is 0 Å². The van der Waals surface area contributed by atoms with Crippen molar-refractivity contribution in [3.63, 3.8) is 0 Å². The summed E-state index contributed by atoms with van der Waals surface area (Å²) in [5.41, 5.74) is 8.54.